The molecule has 0 aliphatic rings. The van der Waals surface area contributed by atoms with Crippen LogP contribution in [-0.4, -0.2) is 13.7 Å². The lowest BCUT2D eigenvalue weighted by Gasteiger charge is -2.19. The second-order valence-corrected chi connectivity index (χ2v) is 5.14. The zero-order chi connectivity index (χ0) is 13.7. The van der Waals surface area contributed by atoms with Crippen molar-refractivity contribution in [1.82, 2.24) is 0 Å². The molecule has 0 bridgehead atoms. The third kappa shape index (κ3) is 3.72. The highest BCUT2D eigenvalue weighted by molar-refractivity contribution is 9.10. The van der Waals surface area contributed by atoms with E-state index in [1.54, 1.807) is 7.11 Å². The van der Waals surface area contributed by atoms with Crippen molar-refractivity contribution in [2.75, 3.05) is 19.0 Å². The first-order valence-electron chi connectivity index (χ1n) is 6.09. The Morgan fingerprint density at radius 1 is 1.21 bits per heavy atom. The van der Waals surface area contributed by atoms with Gasteiger partial charge in [0, 0.05) is 16.7 Å². The molecule has 0 amide bonds. The number of anilines is 1. The molecule has 0 spiro atoms. The standard InChI is InChI=1S/C15H17BrN2O/c1-19-14-7-2-4-11(8-14)15(10-17)18-13-6-3-5-12(16)9-13/h2-9,15,18H,10,17H2,1H3. The Labute approximate surface area is 121 Å². The molecule has 2 rings (SSSR count). The molecule has 0 saturated heterocycles. The van der Waals surface area contributed by atoms with Crippen LogP contribution in [0.4, 0.5) is 5.69 Å². The lowest BCUT2D eigenvalue weighted by atomic mass is 10.1. The Hall–Kier alpha value is -1.52. The van der Waals surface area contributed by atoms with Crippen molar-refractivity contribution in [1.29, 1.82) is 0 Å². The summed E-state index contributed by atoms with van der Waals surface area (Å²) in [5.41, 5.74) is 8.01. The first kappa shape index (κ1) is 13.9. The molecule has 19 heavy (non-hydrogen) atoms. The maximum absolute atomic E-state index is 5.87. The van der Waals surface area contributed by atoms with E-state index in [1.807, 2.05) is 48.5 Å². The highest BCUT2D eigenvalue weighted by atomic mass is 79.9. The molecule has 3 nitrogen and oxygen atoms in total. The molecule has 2 aromatic carbocycles. The van der Waals surface area contributed by atoms with Crippen molar-refractivity contribution < 1.29 is 4.74 Å². The number of benzene rings is 2. The molecule has 100 valence electrons. The molecular formula is C15H17BrN2O. The third-order valence-electron chi connectivity index (χ3n) is 2.90. The van der Waals surface area contributed by atoms with Gasteiger partial charge in [-0.2, -0.15) is 0 Å². The normalized spacial score (nSPS) is 11.9. The number of ether oxygens (including phenoxy) is 1. The van der Waals surface area contributed by atoms with E-state index in [0.29, 0.717) is 6.54 Å². The van der Waals surface area contributed by atoms with Crippen molar-refractivity contribution in [3.05, 3.63) is 58.6 Å². The number of rotatable bonds is 5. The Kier molecular flexibility index (Phi) is 4.82. The van der Waals surface area contributed by atoms with Gasteiger partial charge >= 0.3 is 0 Å². The van der Waals surface area contributed by atoms with E-state index in [-0.39, 0.29) is 6.04 Å². The summed E-state index contributed by atoms with van der Waals surface area (Å²) in [4.78, 5) is 0. The van der Waals surface area contributed by atoms with Crippen molar-refractivity contribution in [3.63, 3.8) is 0 Å². The predicted molar refractivity (Wildman–Crippen MR) is 82.6 cm³/mol. The molecule has 0 saturated carbocycles. The summed E-state index contributed by atoms with van der Waals surface area (Å²) in [6, 6.07) is 16.0. The molecule has 1 unspecified atom stereocenters. The van der Waals surface area contributed by atoms with Gasteiger partial charge in [0.25, 0.3) is 0 Å². The summed E-state index contributed by atoms with van der Waals surface area (Å²) in [6.07, 6.45) is 0. The zero-order valence-corrected chi connectivity index (χ0v) is 12.4. The molecule has 1 atom stereocenters. The van der Waals surface area contributed by atoms with Gasteiger partial charge in [0.1, 0.15) is 5.75 Å². The SMILES string of the molecule is COc1cccc(C(CN)Nc2cccc(Br)c2)c1. The minimum atomic E-state index is 0.0596. The number of nitrogens with two attached hydrogens (primary N) is 1. The second kappa shape index (κ2) is 6.59. The maximum atomic E-state index is 5.87. The van der Waals surface area contributed by atoms with Crippen LogP contribution in [0, 0.1) is 0 Å². The Balaban J connectivity index is 2.19. The molecule has 0 heterocycles. The van der Waals surface area contributed by atoms with Crippen LogP contribution in [-0.2, 0) is 0 Å². The minimum absolute atomic E-state index is 0.0596. The van der Waals surface area contributed by atoms with Crippen LogP contribution >= 0.6 is 15.9 Å². The van der Waals surface area contributed by atoms with E-state index >= 15 is 0 Å². The average molecular weight is 321 g/mol. The number of halogens is 1. The Morgan fingerprint density at radius 3 is 2.68 bits per heavy atom. The van der Waals surface area contributed by atoms with Gasteiger partial charge in [-0.1, -0.05) is 34.1 Å². The van der Waals surface area contributed by atoms with E-state index < -0.39 is 0 Å². The maximum Gasteiger partial charge on any atom is 0.119 e. The number of hydrogen-bond donors (Lipinski definition) is 2. The fourth-order valence-electron chi connectivity index (χ4n) is 1.92. The molecule has 0 fully saturated rings. The number of hydrogen-bond acceptors (Lipinski definition) is 3. The quantitative estimate of drug-likeness (QED) is 0.885. The van der Waals surface area contributed by atoms with Gasteiger partial charge in [-0.15, -0.1) is 0 Å². The Morgan fingerprint density at radius 2 is 2.00 bits per heavy atom. The van der Waals surface area contributed by atoms with Gasteiger partial charge in [-0.25, -0.2) is 0 Å². The van der Waals surface area contributed by atoms with Crippen LogP contribution in [0.5, 0.6) is 5.75 Å². The number of methoxy groups -OCH3 is 1. The summed E-state index contributed by atoms with van der Waals surface area (Å²) >= 11 is 3.46. The van der Waals surface area contributed by atoms with E-state index in [1.165, 1.54) is 0 Å². The first-order valence-corrected chi connectivity index (χ1v) is 6.88. The zero-order valence-electron chi connectivity index (χ0n) is 10.8. The van der Waals surface area contributed by atoms with Gasteiger partial charge < -0.3 is 15.8 Å². The monoisotopic (exact) mass is 320 g/mol. The van der Waals surface area contributed by atoms with E-state index in [9.17, 15) is 0 Å². The molecule has 0 radical (unpaired) electrons. The summed E-state index contributed by atoms with van der Waals surface area (Å²) in [6.45, 7) is 0.514. The van der Waals surface area contributed by atoms with Crippen LogP contribution in [0.1, 0.15) is 11.6 Å². The van der Waals surface area contributed by atoms with Crippen molar-refractivity contribution in [3.8, 4) is 5.75 Å². The van der Waals surface area contributed by atoms with E-state index in [4.69, 9.17) is 10.5 Å². The molecule has 0 aliphatic carbocycles. The lowest BCUT2D eigenvalue weighted by Crippen LogP contribution is -2.20. The molecule has 0 aliphatic heterocycles. The number of nitrogens with one attached hydrogen (secondary N) is 1. The summed E-state index contributed by atoms with van der Waals surface area (Å²) in [7, 11) is 1.66. The predicted octanol–water partition coefficient (Wildman–Crippen LogP) is 3.57. The lowest BCUT2D eigenvalue weighted by molar-refractivity contribution is 0.414. The topological polar surface area (TPSA) is 47.3 Å². The fraction of sp³-hybridized carbons (Fsp3) is 0.200. The van der Waals surface area contributed by atoms with Gasteiger partial charge in [0.2, 0.25) is 0 Å². The van der Waals surface area contributed by atoms with Crippen molar-refractivity contribution in [2.45, 2.75) is 6.04 Å². The fourth-order valence-corrected chi connectivity index (χ4v) is 2.32. The highest BCUT2D eigenvalue weighted by Crippen LogP contribution is 2.24. The van der Waals surface area contributed by atoms with Crippen LogP contribution in [0.25, 0.3) is 0 Å². The first-order chi connectivity index (χ1) is 9.22. The van der Waals surface area contributed by atoms with Crippen LogP contribution in [0.2, 0.25) is 0 Å². The van der Waals surface area contributed by atoms with E-state index in [2.05, 4.69) is 21.2 Å². The van der Waals surface area contributed by atoms with Crippen LogP contribution in [0.15, 0.2) is 53.0 Å². The molecule has 4 heteroatoms. The van der Waals surface area contributed by atoms with Crippen LogP contribution < -0.4 is 15.8 Å². The summed E-state index contributed by atoms with van der Waals surface area (Å²) in [5.74, 6) is 0.840. The highest BCUT2D eigenvalue weighted by Gasteiger charge is 2.10. The second-order valence-electron chi connectivity index (χ2n) is 4.22. The van der Waals surface area contributed by atoms with Gasteiger partial charge in [-0.05, 0) is 35.9 Å². The molecular weight excluding hydrogens is 304 g/mol. The minimum Gasteiger partial charge on any atom is -0.497 e. The summed E-state index contributed by atoms with van der Waals surface area (Å²) < 4.78 is 6.28. The Bertz CT molecular complexity index is 545. The van der Waals surface area contributed by atoms with Gasteiger partial charge in [0.15, 0.2) is 0 Å². The molecule has 2 aromatic rings. The molecule has 3 N–H and O–H groups in total. The van der Waals surface area contributed by atoms with Gasteiger partial charge in [0.05, 0.1) is 13.2 Å². The largest absolute Gasteiger partial charge is 0.497 e. The summed E-state index contributed by atoms with van der Waals surface area (Å²) in [5, 5.41) is 3.43. The molecule has 0 aromatic heterocycles. The van der Waals surface area contributed by atoms with Gasteiger partial charge in [-0.3, -0.25) is 0 Å². The van der Waals surface area contributed by atoms with Crippen LogP contribution in [0.3, 0.4) is 0 Å². The average Bonchev–Trinajstić information content (AvgIpc) is 2.45. The van der Waals surface area contributed by atoms with E-state index in [0.717, 1.165) is 21.5 Å². The third-order valence-corrected chi connectivity index (χ3v) is 3.39. The van der Waals surface area contributed by atoms with Crippen molar-refractivity contribution in [2.24, 2.45) is 5.73 Å². The van der Waals surface area contributed by atoms with Crippen molar-refractivity contribution >= 4 is 21.6 Å². The smallest absolute Gasteiger partial charge is 0.119 e.